The van der Waals surface area contributed by atoms with Gasteiger partial charge in [-0.3, -0.25) is 4.68 Å². The molecule has 0 saturated carbocycles. The number of rotatable bonds is 6. The zero-order chi connectivity index (χ0) is 13.1. The Balaban J connectivity index is 3.06. The van der Waals surface area contributed by atoms with E-state index in [1.165, 1.54) is 0 Å². The lowest BCUT2D eigenvalue weighted by molar-refractivity contribution is -0.0134. The molecule has 1 aromatic rings. The van der Waals surface area contributed by atoms with E-state index in [1.54, 1.807) is 7.11 Å². The van der Waals surface area contributed by atoms with E-state index in [4.69, 9.17) is 4.74 Å². The monoisotopic (exact) mass is 303 g/mol. The number of aryl methyl sites for hydroxylation is 1. The molecule has 4 nitrogen and oxygen atoms in total. The lowest BCUT2D eigenvalue weighted by Gasteiger charge is -2.34. The standard InChI is InChI=1S/C12H22BrN3O/c1-6-7-14-11(12(2,3)17-5)10-9(13)8-15-16(10)4/h8,11,14H,6-7H2,1-5H3. The first-order valence-electron chi connectivity index (χ1n) is 5.90. The van der Waals surface area contributed by atoms with Gasteiger partial charge in [0.15, 0.2) is 0 Å². The molecule has 1 aromatic heterocycles. The van der Waals surface area contributed by atoms with E-state index in [9.17, 15) is 0 Å². The van der Waals surface area contributed by atoms with Gasteiger partial charge in [0.25, 0.3) is 0 Å². The highest BCUT2D eigenvalue weighted by Gasteiger charge is 2.33. The third kappa shape index (κ3) is 3.30. The Kier molecular flexibility index (Phi) is 5.16. The fourth-order valence-electron chi connectivity index (χ4n) is 1.82. The van der Waals surface area contributed by atoms with Crippen molar-refractivity contribution in [2.75, 3.05) is 13.7 Å². The molecule has 0 bridgehead atoms. The normalized spacial score (nSPS) is 14.0. The number of aromatic nitrogens is 2. The molecule has 1 atom stereocenters. The first-order chi connectivity index (χ1) is 7.94. The predicted molar refractivity (Wildman–Crippen MR) is 73.0 cm³/mol. The van der Waals surface area contributed by atoms with Crippen molar-refractivity contribution in [1.82, 2.24) is 15.1 Å². The Labute approximate surface area is 112 Å². The van der Waals surface area contributed by atoms with Crippen LogP contribution in [0.1, 0.15) is 38.9 Å². The molecule has 5 heteroatoms. The quantitative estimate of drug-likeness (QED) is 0.878. The number of hydrogen-bond acceptors (Lipinski definition) is 3. The van der Waals surface area contributed by atoms with Crippen LogP contribution < -0.4 is 5.32 Å². The third-order valence-electron chi connectivity index (χ3n) is 3.03. The minimum atomic E-state index is -0.286. The second-order valence-corrected chi connectivity index (χ2v) is 5.55. The van der Waals surface area contributed by atoms with E-state index < -0.39 is 0 Å². The fourth-order valence-corrected chi connectivity index (χ4v) is 2.40. The highest BCUT2D eigenvalue weighted by Crippen LogP contribution is 2.32. The largest absolute Gasteiger partial charge is 0.377 e. The summed E-state index contributed by atoms with van der Waals surface area (Å²) >= 11 is 3.55. The van der Waals surface area contributed by atoms with Gasteiger partial charge in [-0.2, -0.15) is 5.10 Å². The molecule has 0 aromatic carbocycles. The van der Waals surface area contributed by atoms with Crippen LogP contribution in [-0.4, -0.2) is 29.0 Å². The summed E-state index contributed by atoms with van der Waals surface area (Å²) in [5.41, 5.74) is 0.830. The minimum absolute atomic E-state index is 0.106. The topological polar surface area (TPSA) is 39.1 Å². The summed E-state index contributed by atoms with van der Waals surface area (Å²) in [6, 6.07) is 0.106. The maximum absolute atomic E-state index is 5.61. The van der Waals surface area contributed by atoms with Crippen molar-refractivity contribution >= 4 is 15.9 Å². The Morgan fingerprint density at radius 1 is 1.59 bits per heavy atom. The number of ether oxygens (including phenoxy) is 1. The highest BCUT2D eigenvalue weighted by molar-refractivity contribution is 9.10. The van der Waals surface area contributed by atoms with Crippen molar-refractivity contribution in [3.63, 3.8) is 0 Å². The summed E-state index contributed by atoms with van der Waals surface area (Å²) in [5.74, 6) is 0. The summed E-state index contributed by atoms with van der Waals surface area (Å²) in [4.78, 5) is 0. The zero-order valence-corrected chi connectivity index (χ0v) is 12.8. The first kappa shape index (κ1) is 14.7. The number of hydrogen-bond donors (Lipinski definition) is 1. The number of halogens is 1. The van der Waals surface area contributed by atoms with Crippen LogP contribution in [-0.2, 0) is 11.8 Å². The van der Waals surface area contributed by atoms with Crippen molar-refractivity contribution in [2.45, 2.75) is 38.8 Å². The number of nitrogens with zero attached hydrogens (tertiary/aromatic N) is 2. The van der Waals surface area contributed by atoms with Crippen LogP contribution in [0.25, 0.3) is 0 Å². The maximum Gasteiger partial charge on any atom is 0.0832 e. The van der Waals surface area contributed by atoms with Gasteiger partial charge in [-0.1, -0.05) is 6.92 Å². The van der Waals surface area contributed by atoms with Gasteiger partial charge in [-0.25, -0.2) is 0 Å². The van der Waals surface area contributed by atoms with Crippen molar-refractivity contribution in [2.24, 2.45) is 7.05 Å². The van der Waals surface area contributed by atoms with Crippen LogP contribution in [0.3, 0.4) is 0 Å². The summed E-state index contributed by atoms with van der Waals surface area (Å²) in [5, 5.41) is 7.80. The second-order valence-electron chi connectivity index (χ2n) is 4.70. The molecule has 1 unspecified atom stereocenters. The molecule has 98 valence electrons. The Bertz CT molecular complexity index is 343. The molecular formula is C12H22BrN3O. The Hall–Kier alpha value is -0.390. The lowest BCUT2D eigenvalue weighted by atomic mass is 9.95. The third-order valence-corrected chi connectivity index (χ3v) is 3.64. The highest BCUT2D eigenvalue weighted by atomic mass is 79.9. The molecule has 0 aliphatic heterocycles. The van der Waals surface area contributed by atoms with Gasteiger partial charge in [0.05, 0.1) is 28.0 Å². The van der Waals surface area contributed by atoms with E-state index in [1.807, 2.05) is 17.9 Å². The van der Waals surface area contributed by atoms with Crippen molar-refractivity contribution in [1.29, 1.82) is 0 Å². The number of methoxy groups -OCH3 is 1. The van der Waals surface area contributed by atoms with Crippen LogP contribution in [0.15, 0.2) is 10.7 Å². The molecular weight excluding hydrogens is 282 g/mol. The maximum atomic E-state index is 5.61. The van der Waals surface area contributed by atoms with Crippen LogP contribution in [0.2, 0.25) is 0 Å². The average molecular weight is 304 g/mol. The molecule has 0 saturated heterocycles. The Morgan fingerprint density at radius 3 is 2.65 bits per heavy atom. The summed E-state index contributed by atoms with van der Waals surface area (Å²) in [6.07, 6.45) is 2.91. The second kappa shape index (κ2) is 5.98. The molecule has 17 heavy (non-hydrogen) atoms. The summed E-state index contributed by atoms with van der Waals surface area (Å²) < 4.78 is 8.51. The van der Waals surface area contributed by atoms with Crippen molar-refractivity contribution in [3.05, 3.63) is 16.4 Å². The zero-order valence-electron chi connectivity index (χ0n) is 11.2. The first-order valence-corrected chi connectivity index (χ1v) is 6.69. The van der Waals surface area contributed by atoms with Gasteiger partial charge in [-0.15, -0.1) is 0 Å². The van der Waals surface area contributed by atoms with Crippen LogP contribution in [0.5, 0.6) is 0 Å². The van der Waals surface area contributed by atoms with Gasteiger partial charge < -0.3 is 10.1 Å². The van der Waals surface area contributed by atoms with E-state index in [2.05, 4.69) is 47.1 Å². The summed E-state index contributed by atoms with van der Waals surface area (Å²) in [6.45, 7) is 7.27. The SMILES string of the molecule is CCCNC(c1c(Br)cnn1C)C(C)(C)OC. The van der Waals surface area contributed by atoms with Gasteiger partial charge in [0, 0.05) is 14.2 Å². The van der Waals surface area contributed by atoms with Crippen molar-refractivity contribution in [3.8, 4) is 0 Å². The Morgan fingerprint density at radius 2 is 2.24 bits per heavy atom. The lowest BCUT2D eigenvalue weighted by Crippen LogP contribution is -2.42. The molecule has 0 fully saturated rings. The van der Waals surface area contributed by atoms with Gasteiger partial charge >= 0.3 is 0 Å². The molecule has 1 N–H and O–H groups in total. The van der Waals surface area contributed by atoms with Crippen LogP contribution >= 0.6 is 15.9 Å². The summed E-state index contributed by atoms with van der Waals surface area (Å²) in [7, 11) is 3.69. The van der Waals surface area contributed by atoms with Crippen LogP contribution in [0.4, 0.5) is 0 Å². The van der Waals surface area contributed by atoms with E-state index in [0.29, 0.717) is 0 Å². The van der Waals surface area contributed by atoms with Gasteiger partial charge in [0.2, 0.25) is 0 Å². The van der Waals surface area contributed by atoms with Crippen molar-refractivity contribution < 1.29 is 4.74 Å². The molecule has 1 heterocycles. The fraction of sp³-hybridized carbons (Fsp3) is 0.750. The number of nitrogens with one attached hydrogen (secondary N) is 1. The van der Waals surface area contributed by atoms with Gasteiger partial charge in [0.1, 0.15) is 0 Å². The van der Waals surface area contributed by atoms with Crippen LogP contribution in [0, 0.1) is 0 Å². The van der Waals surface area contributed by atoms with E-state index in [0.717, 1.165) is 23.1 Å². The smallest absolute Gasteiger partial charge is 0.0832 e. The van der Waals surface area contributed by atoms with Gasteiger partial charge in [-0.05, 0) is 42.7 Å². The molecule has 0 aliphatic carbocycles. The molecule has 0 amide bonds. The molecule has 0 aliphatic rings. The molecule has 0 spiro atoms. The predicted octanol–water partition coefficient (Wildman–Crippen LogP) is 2.65. The van der Waals surface area contributed by atoms with E-state index in [-0.39, 0.29) is 11.6 Å². The molecule has 1 rings (SSSR count). The minimum Gasteiger partial charge on any atom is -0.377 e. The van der Waals surface area contributed by atoms with E-state index >= 15 is 0 Å². The average Bonchev–Trinajstić information content (AvgIpc) is 2.61. The molecule has 0 radical (unpaired) electrons.